The molecule has 2 aromatic carbocycles. The summed E-state index contributed by atoms with van der Waals surface area (Å²) in [6.45, 7) is 2.89. The van der Waals surface area contributed by atoms with Crippen molar-refractivity contribution in [1.82, 2.24) is 5.32 Å². The molecule has 0 aliphatic carbocycles. The largest absolute Gasteiger partial charge is 0.497 e. The van der Waals surface area contributed by atoms with Crippen LogP contribution in [0.5, 0.6) is 5.75 Å². The Kier molecular flexibility index (Phi) is 5.99. The highest BCUT2D eigenvalue weighted by Crippen LogP contribution is 2.33. The van der Waals surface area contributed by atoms with Gasteiger partial charge in [0, 0.05) is 13.0 Å². The van der Waals surface area contributed by atoms with Crippen molar-refractivity contribution in [2.75, 3.05) is 27.4 Å². The maximum atomic E-state index is 12.3. The summed E-state index contributed by atoms with van der Waals surface area (Å²) in [7, 11) is 3.24. The molecule has 1 unspecified atom stereocenters. The third-order valence-electron chi connectivity index (χ3n) is 5.19. The molecule has 146 valence electrons. The molecular weight excluding hydrogens is 344 g/mol. The van der Waals surface area contributed by atoms with Crippen molar-refractivity contribution in [3.05, 3.63) is 42.0 Å². The molecule has 0 radical (unpaired) electrons. The quantitative estimate of drug-likeness (QED) is 0.814. The van der Waals surface area contributed by atoms with Crippen LogP contribution in [-0.2, 0) is 14.3 Å². The van der Waals surface area contributed by atoms with E-state index in [0.717, 1.165) is 28.5 Å². The second-order valence-electron chi connectivity index (χ2n) is 7.00. The van der Waals surface area contributed by atoms with Gasteiger partial charge in [0.2, 0.25) is 5.91 Å². The second-order valence-corrected chi connectivity index (χ2v) is 7.00. The number of nitrogens with one attached hydrogen (secondary N) is 1. The fourth-order valence-electron chi connectivity index (χ4n) is 3.73. The number of ether oxygens (including phenoxy) is 3. The van der Waals surface area contributed by atoms with Crippen molar-refractivity contribution < 1.29 is 19.0 Å². The van der Waals surface area contributed by atoms with Gasteiger partial charge in [-0.1, -0.05) is 37.6 Å². The van der Waals surface area contributed by atoms with Crippen LogP contribution in [-0.4, -0.2) is 45.1 Å². The zero-order chi connectivity index (χ0) is 19.4. The zero-order valence-corrected chi connectivity index (χ0v) is 16.2. The summed E-state index contributed by atoms with van der Waals surface area (Å²) in [4.78, 5) is 12.3. The summed E-state index contributed by atoms with van der Waals surface area (Å²) in [5, 5.41) is 4.89. The molecule has 27 heavy (non-hydrogen) atoms. The van der Waals surface area contributed by atoms with E-state index in [1.54, 1.807) is 14.2 Å². The van der Waals surface area contributed by atoms with Gasteiger partial charge in [0.05, 0.1) is 20.3 Å². The van der Waals surface area contributed by atoms with Gasteiger partial charge in [-0.25, -0.2) is 0 Å². The highest BCUT2D eigenvalue weighted by Gasteiger charge is 2.45. The highest BCUT2D eigenvalue weighted by atomic mass is 16.7. The van der Waals surface area contributed by atoms with Gasteiger partial charge in [0.15, 0.2) is 6.29 Å². The summed E-state index contributed by atoms with van der Waals surface area (Å²) in [5.74, 6) is 0.646. The predicted octanol–water partition coefficient (Wildman–Crippen LogP) is 2.55. The third-order valence-corrected chi connectivity index (χ3v) is 5.19. The first-order chi connectivity index (χ1) is 13.0. The molecule has 1 atom stereocenters. The van der Waals surface area contributed by atoms with Gasteiger partial charge in [-0.05, 0) is 34.9 Å². The topological polar surface area (TPSA) is 82.8 Å². The third kappa shape index (κ3) is 3.78. The molecule has 1 saturated heterocycles. The summed E-state index contributed by atoms with van der Waals surface area (Å²) in [6, 6.07) is 12.2. The van der Waals surface area contributed by atoms with Crippen LogP contribution in [0.1, 0.15) is 31.2 Å². The van der Waals surface area contributed by atoms with E-state index in [0.29, 0.717) is 19.6 Å². The Morgan fingerprint density at radius 2 is 2.04 bits per heavy atom. The number of hydrogen-bond acceptors (Lipinski definition) is 5. The van der Waals surface area contributed by atoms with Crippen molar-refractivity contribution in [2.45, 2.75) is 37.5 Å². The summed E-state index contributed by atoms with van der Waals surface area (Å²) in [5.41, 5.74) is 6.35. The molecule has 1 heterocycles. The fraction of sp³-hybridized carbons (Fsp3) is 0.476. The lowest BCUT2D eigenvalue weighted by molar-refractivity contribution is -0.219. The summed E-state index contributed by atoms with van der Waals surface area (Å²) >= 11 is 0. The summed E-state index contributed by atoms with van der Waals surface area (Å²) in [6.07, 6.45) is 0.515. The minimum absolute atomic E-state index is 0.0777. The molecule has 2 aromatic rings. The number of amides is 1. The number of likely N-dealkylation sites (N-methyl/N-ethyl adjacent to an activating group) is 1. The SMILES string of the molecule is CCCC(N)(C(=O)NC)C1OCC(c2cccc3cc(OC)ccc23)CO1. The monoisotopic (exact) mass is 372 g/mol. The lowest BCUT2D eigenvalue weighted by Crippen LogP contribution is -2.63. The van der Waals surface area contributed by atoms with Gasteiger partial charge < -0.3 is 25.3 Å². The van der Waals surface area contributed by atoms with Crippen LogP contribution >= 0.6 is 0 Å². The number of carbonyl (C=O) groups excluding carboxylic acids is 1. The number of methoxy groups -OCH3 is 1. The van der Waals surface area contributed by atoms with Crippen LogP contribution < -0.4 is 15.8 Å². The highest BCUT2D eigenvalue weighted by molar-refractivity contribution is 5.88. The van der Waals surface area contributed by atoms with Gasteiger partial charge in [-0.2, -0.15) is 0 Å². The molecule has 0 spiro atoms. The average Bonchev–Trinajstić information content (AvgIpc) is 2.72. The molecule has 0 bridgehead atoms. The summed E-state index contributed by atoms with van der Waals surface area (Å²) < 4.78 is 17.2. The number of benzene rings is 2. The molecule has 0 saturated carbocycles. The molecule has 6 nitrogen and oxygen atoms in total. The number of fused-ring (bicyclic) bond motifs is 1. The van der Waals surface area contributed by atoms with Crippen LogP contribution in [0.25, 0.3) is 10.8 Å². The predicted molar refractivity (Wildman–Crippen MR) is 105 cm³/mol. The van der Waals surface area contributed by atoms with E-state index in [4.69, 9.17) is 19.9 Å². The van der Waals surface area contributed by atoms with Crippen molar-refractivity contribution in [2.24, 2.45) is 5.73 Å². The maximum absolute atomic E-state index is 12.3. The minimum atomic E-state index is -1.18. The molecule has 3 N–H and O–H groups in total. The lowest BCUT2D eigenvalue weighted by atomic mass is 9.90. The van der Waals surface area contributed by atoms with Crippen LogP contribution in [0.4, 0.5) is 0 Å². The molecule has 1 amide bonds. The molecule has 6 heteroatoms. The molecule has 3 rings (SSSR count). The van der Waals surface area contributed by atoms with Gasteiger partial charge in [0.1, 0.15) is 11.3 Å². The fourth-order valence-corrected chi connectivity index (χ4v) is 3.73. The zero-order valence-electron chi connectivity index (χ0n) is 16.2. The smallest absolute Gasteiger partial charge is 0.245 e. The molecule has 1 fully saturated rings. The number of rotatable bonds is 6. The standard InChI is InChI=1S/C21H28N2O4/c1-4-10-21(22,19(24)23-2)20-26-12-15(13-27-20)17-7-5-6-14-11-16(25-3)8-9-18(14)17/h5-9,11,15,20H,4,10,12-13,22H2,1-3H3,(H,23,24). The number of nitrogens with two attached hydrogens (primary N) is 1. The van der Waals surface area contributed by atoms with E-state index in [9.17, 15) is 4.79 Å². The van der Waals surface area contributed by atoms with E-state index >= 15 is 0 Å². The van der Waals surface area contributed by atoms with E-state index in [1.807, 2.05) is 25.1 Å². The Morgan fingerprint density at radius 3 is 2.67 bits per heavy atom. The Balaban J connectivity index is 1.79. The van der Waals surface area contributed by atoms with Gasteiger partial charge >= 0.3 is 0 Å². The number of carbonyl (C=O) groups is 1. The Labute approximate surface area is 160 Å². The second kappa shape index (κ2) is 8.25. The Morgan fingerprint density at radius 1 is 1.30 bits per heavy atom. The van der Waals surface area contributed by atoms with Crippen molar-refractivity contribution >= 4 is 16.7 Å². The molecule has 1 aliphatic heterocycles. The van der Waals surface area contributed by atoms with E-state index in [-0.39, 0.29) is 11.8 Å². The molecular formula is C21H28N2O4. The minimum Gasteiger partial charge on any atom is -0.497 e. The van der Waals surface area contributed by atoms with Crippen LogP contribution in [0.15, 0.2) is 36.4 Å². The first-order valence-electron chi connectivity index (χ1n) is 9.34. The molecule has 1 aliphatic rings. The number of hydrogen-bond donors (Lipinski definition) is 2. The van der Waals surface area contributed by atoms with Gasteiger partial charge in [-0.15, -0.1) is 0 Å². The lowest BCUT2D eigenvalue weighted by Gasteiger charge is -2.39. The van der Waals surface area contributed by atoms with Gasteiger partial charge in [-0.3, -0.25) is 4.79 Å². The maximum Gasteiger partial charge on any atom is 0.245 e. The first-order valence-corrected chi connectivity index (χ1v) is 9.34. The van der Waals surface area contributed by atoms with E-state index in [2.05, 4.69) is 23.5 Å². The van der Waals surface area contributed by atoms with Gasteiger partial charge in [0.25, 0.3) is 0 Å². The van der Waals surface area contributed by atoms with Crippen LogP contribution in [0, 0.1) is 0 Å². The van der Waals surface area contributed by atoms with Crippen molar-refractivity contribution in [3.8, 4) is 5.75 Å². The average molecular weight is 372 g/mol. The first kappa shape index (κ1) is 19.6. The van der Waals surface area contributed by atoms with Crippen LogP contribution in [0.2, 0.25) is 0 Å². The van der Waals surface area contributed by atoms with E-state index in [1.165, 1.54) is 0 Å². The van der Waals surface area contributed by atoms with Crippen molar-refractivity contribution in [1.29, 1.82) is 0 Å². The van der Waals surface area contributed by atoms with Crippen molar-refractivity contribution in [3.63, 3.8) is 0 Å². The van der Waals surface area contributed by atoms with Crippen LogP contribution in [0.3, 0.4) is 0 Å². The Hall–Kier alpha value is -2.15. The van der Waals surface area contributed by atoms with E-state index < -0.39 is 11.8 Å². The Bertz CT molecular complexity index is 802. The normalized spacial score (nSPS) is 22.2. The molecule has 0 aromatic heterocycles.